The molecular weight excluding hydrogens is 455 g/mol. The van der Waals surface area contributed by atoms with Gasteiger partial charge in [0.15, 0.2) is 0 Å². The summed E-state index contributed by atoms with van der Waals surface area (Å²) in [5.41, 5.74) is 1.62. The molecule has 1 fully saturated rings. The number of carbonyl (C=O) groups is 2. The number of carbonyl (C=O) groups excluding carboxylic acids is 2. The number of piperidine rings is 1. The molecule has 0 aliphatic carbocycles. The van der Waals surface area contributed by atoms with Crippen LogP contribution in [0.15, 0.2) is 36.4 Å². The maximum Gasteiger partial charge on any atom is 0.416 e. The molecule has 0 aromatic heterocycles. The topological polar surface area (TPSA) is 52.7 Å². The summed E-state index contributed by atoms with van der Waals surface area (Å²) < 4.78 is 40.2. The number of nitrogens with zero attached hydrogens (tertiary/aromatic N) is 2. The lowest BCUT2D eigenvalue weighted by atomic mass is 10.0. The quantitative estimate of drug-likeness (QED) is 0.650. The minimum atomic E-state index is -4.43. The summed E-state index contributed by atoms with van der Waals surface area (Å²) in [4.78, 5) is 28.2. The van der Waals surface area contributed by atoms with Crippen molar-refractivity contribution >= 4 is 34.8 Å². The average Bonchev–Trinajstić information content (AvgIpc) is 3.16. The van der Waals surface area contributed by atoms with Crippen molar-refractivity contribution in [3.8, 4) is 0 Å². The van der Waals surface area contributed by atoms with Crippen LogP contribution in [-0.2, 0) is 28.7 Å². The molecule has 0 spiro atoms. The fraction of sp³-hybridized carbons (Fsp3) is 0.417. The van der Waals surface area contributed by atoms with E-state index in [2.05, 4.69) is 5.32 Å². The Bertz CT molecular complexity index is 1070. The third kappa shape index (κ3) is 4.95. The van der Waals surface area contributed by atoms with E-state index in [-0.39, 0.29) is 23.9 Å². The molecule has 2 aromatic rings. The summed E-state index contributed by atoms with van der Waals surface area (Å²) in [6.45, 7) is 2.64. The number of likely N-dealkylation sites (tertiary alicyclic amines) is 1. The minimum absolute atomic E-state index is 0.0871. The van der Waals surface area contributed by atoms with Crippen molar-refractivity contribution < 1.29 is 22.8 Å². The number of anilines is 2. The van der Waals surface area contributed by atoms with Gasteiger partial charge in [0.25, 0.3) is 0 Å². The largest absolute Gasteiger partial charge is 0.416 e. The normalized spacial score (nSPS) is 18.3. The third-order valence-electron chi connectivity index (χ3n) is 6.27. The van der Waals surface area contributed by atoms with Crippen LogP contribution in [0.2, 0.25) is 5.02 Å². The second-order valence-electron chi connectivity index (χ2n) is 8.51. The van der Waals surface area contributed by atoms with Gasteiger partial charge in [-0.1, -0.05) is 29.8 Å². The average molecular weight is 480 g/mol. The first-order valence-electron chi connectivity index (χ1n) is 11.0. The van der Waals surface area contributed by atoms with Crippen molar-refractivity contribution in [3.05, 3.63) is 58.1 Å². The molecule has 2 aromatic carbocycles. The fourth-order valence-electron chi connectivity index (χ4n) is 4.75. The van der Waals surface area contributed by atoms with Gasteiger partial charge in [0.1, 0.15) is 6.04 Å². The van der Waals surface area contributed by atoms with E-state index in [0.29, 0.717) is 42.3 Å². The molecule has 0 saturated carbocycles. The van der Waals surface area contributed by atoms with Crippen LogP contribution in [0.3, 0.4) is 0 Å². The zero-order valence-corrected chi connectivity index (χ0v) is 19.0. The number of amides is 2. The highest BCUT2D eigenvalue weighted by Gasteiger charge is 2.34. The van der Waals surface area contributed by atoms with Gasteiger partial charge in [0, 0.05) is 32.2 Å². The smallest absolute Gasteiger partial charge is 0.365 e. The molecule has 1 N–H and O–H groups in total. The van der Waals surface area contributed by atoms with E-state index in [1.807, 2.05) is 11.0 Å². The number of hydrogen-bond donors (Lipinski definition) is 1. The van der Waals surface area contributed by atoms with Gasteiger partial charge in [0.05, 0.1) is 16.3 Å². The van der Waals surface area contributed by atoms with Gasteiger partial charge in [-0.05, 0) is 55.0 Å². The van der Waals surface area contributed by atoms with Crippen molar-refractivity contribution in [1.29, 1.82) is 0 Å². The molecule has 176 valence electrons. The van der Waals surface area contributed by atoms with Gasteiger partial charge < -0.3 is 15.1 Å². The first-order valence-corrected chi connectivity index (χ1v) is 11.3. The predicted octanol–water partition coefficient (Wildman–Crippen LogP) is 5.26. The SMILES string of the molecule is CC(=O)N1CCCCC1C(=O)Nc1cc(Cl)c2c(c1)CCN2Cc1ccccc1C(F)(F)F. The Morgan fingerprint density at radius 2 is 1.91 bits per heavy atom. The molecule has 4 rings (SSSR count). The highest BCUT2D eigenvalue weighted by Crippen LogP contribution is 2.40. The summed E-state index contributed by atoms with van der Waals surface area (Å²) >= 11 is 6.53. The van der Waals surface area contributed by atoms with Crippen molar-refractivity contribution in [3.63, 3.8) is 0 Å². The number of halogens is 4. The summed E-state index contributed by atoms with van der Waals surface area (Å²) in [5, 5.41) is 3.25. The fourth-order valence-corrected chi connectivity index (χ4v) is 5.10. The number of benzene rings is 2. The lowest BCUT2D eigenvalue weighted by Crippen LogP contribution is -2.49. The van der Waals surface area contributed by atoms with Gasteiger partial charge >= 0.3 is 6.18 Å². The number of nitrogens with one attached hydrogen (secondary N) is 1. The van der Waals surface area contributed by atoms with E-state index >= 15 is 0 Å². The maximum absolute atomic E-state index is 13.4. The molecule has 1 saturated heterocycles. The van der Waals surface area contributed by atoms with Crippen LogP contribution in [0, 0.1) is 0 Å². The summed E-state index contributed by atoms with van der Waals surface area (Å²) in [6, 6.07) is 8.46. The Hall–Kier alpha value is -2.74. The molecule has 5 nitrogen and oxygen atoms in total. The minimum Gasteiger partial charge on any atom is -0.365 e. The van der Waals surface area contributed by atoms with Crippen LogP contribution >= 0.6 is 11.6 Å². The summed E-state index contributed by atoms with van der Waals surface area (Å²) in [7, 11) is 0. The third-order valence-corrected chi connectivity index (χ3v) is 6.56. The second-order valence-corrected chi connectivity index (χ2v) is 8.91. The molecular formula is C24H25ClF3N3O2. The van der Waals surface area contributed by atoms with Crippen LogP contribution in [0.1, 0.15) is 42.9 Å². The number of hydrogen-bond acceptors (Lipinski definition) is 3. The van der Waals surface area contributed by atoms with Crippen molar-refractivity contribution in [2.75, 3.05) is 23.3 Å². The molecule has 33 heavy (non-hydrogen) atoms. The van der Waals surface area contributed by atoms with Crippen LogP contribution in [0.25, 0.3) is 0 Å². The molecule has 2 aliphatic heterocycles. The van der Waals surface area contributed by atoms with Gasteiger partial charge in [-0.15, -0.1) is 0 Å². The molecule has 2 heterocycles. The Kier molecular flexibility index (Phi) is 6.56. The molecule has 0 bridgehead atoms. The Balaban J connectivity index is 1.53. The summed E-state index contributed by atoms with van der Waals surface area (Å²) in [5.74, 6) is -0.383. The van der Waals surface area contributed by atoms with Crippen LogP contribution in [0.5, 0.6) is 0 Å². The standard InChI is InChI=1S/C24H25ClF3N3O2/c1-15(32)31-10-5-4-8-21(31)23(33)29-18-12-16-9-11-30(22(16)20(25)13-18)14-17-6-2-3-7-19(17)24(26,27)28/h2-3,6-7,12-13,21H,4-5,8-11,14H2,1H3,(H,29,33). The van der Waals surface area contributed by atoms with Crippen LogP contribution < -0.4 is 10.2 Å². The van der Waals surface area contributed by atoms with E-state index in [9.17, 15) is 22.8 Å². The molecule has 1 atom stereocenters. The van der Waals surface area contributed by atoms with Crippen molar-refractivity contribution in [1.82, 2.24) is 4.90 Å². The van der Waals surface area contributed by atoms with Gasteiger partial charge in [-0.2, -0.15) is 13.2 Å². The molecule has 1 unspecified atom stereocenters. The van der Waals surface area contributed by atoms with Crippen molar-refractivity contribution in [2.45, 2.75) is 51.4 Å². The van der Waals surface area contributed by atoms with E-state index in [4.69, 9.17) is 11.6 Å². The molecule has 2 amide bonds. The number of fused-ring (bicyclic) bond motifs is 1. The first kappa shape index (κ1) is 23.4. The summed E-state index contributed by atoms with van der Waals surface area (Å²) in [6.07, 6.45) is -1.46. The highest BCUT2D eigenvalue weighted by molar-refractivity contribution is 6.34. The number of alkyl halides is 3. The van der Waals surface area contributed by atoms with E-state index in [1.165, 1.54) is 19.1 Å². The molecule has 0 radical (unpaired) electrons. The number of rotatable bonds is 4. The Morgan fingerprint density at radius 3 is 2.64 bits per heavy atom. The van der Waals surface area contributed by atoms with Crippen LogP contribution in [-0.4, -0.2) is 35.8 Å². The second kappa shape index (κ2) is 9.25. The van der Waals surface area contributed by atoms with Crippen LogP contribution in [0.4, 0.5) is 24.5 Å². The first-order chi connectivity index (χ1) is 15.6. The van der Waals surface area contributed by atoms with Gasteiger partial charge in [0.2, 0.25) is 11.8 Å². The molecule has 9 heteroatoms. The Morgan fingerprint density at radius 1 is 1.15 bits per heavy atom. The zero-order chi connectivity index (χ0) is 23.8. The van der Waals surface area contributed by atoms with Crippen molar-refractivity contribution in [2.24, 2.45) is 0 Å². The molecule has 2 aliphatic rings. The van der Waals surface area contributed by atoms with E-state index in [0.717, 1.165) is 24.5 Å². The zero-order valence-electron chi connectivity index (χ0n) is 18.2. The lowest BCUT2D eigenvalue weighted by Gasteiger charge is -2.34. The van der Waals surface area contributed by atoms with Gasteiger partial charge in [-0.3, -0.25) is 9.59 Å². The predicted molar refractivity (Wildman–Crippen MR) is 121 cm³/mol. The van der Waals surface area contributed by atoms with E-state index in [1.54, 1.807) is 17.0 Å². The van der Waals surface area contributed by atoms with Gasteiger partial charge in [-0.25, -0.2) is 0 Å². The Labute approximate surface area is 195 Å². The lowest BCUT2D eigenvalue weighted by molar-refractivity contribution is -0.138. The monoisotopic (exact) mass is 479 g/mol. The maximum atomic E-state index is 13.4. The van der Waals surface area contributed by atoms with E-state index < -0.39 is 17.8 Å². The highest BCUT2D eigenvalue weighted by atomic mass is 35.5.